The van der Waals surface area contributed by atoms with Crippen LogP contribution in [0.3, 0.4) is 0 Å². The number of hydrogen-bond donors (Lipinski definition) is 1. The van der Waals surface area contributed by atoms with Gasteiger partial charge in [-0.05, 0) is 12.1 Å². The highest BCUT2D eigenvalue weighted by atomic mass is 32.2. The van der Waals surface area contributed by atoms with Gasteiger partial charge in [-0.2, -0.15) is 13.2 Å². The van der Waals surface area contributed by atoms with Crippen LogP contribution in [0.5, 0.6) is 0 Å². The molecule has 5 nitrogen and oxygen atoms in total. The molecule has 2 N–H and O–H groups in total. The number of amides is 1. The fraction of sp³-hybridized carbons (Fsp3) is 0.300. The van der Waals surface area contributed by atoms with Gasteiger partial charge in [0, 0.05) is 6.54 Å². The molecule has 0 saturated carbocycles. The first-order valence-corrected chi connectivity index (χ1v) is 6.60. The zero-order valence-corrected chi connectivity index (χ0v) is 10.2. The lowest BCUT2D eigenvalue weighted by Crippen LogP contribution is -2.52. The Labute approximate surface area is 106 Å². The largest absolute Gasteiger partial charge is 0.411 e. The fourth-order valence-electron chi connectivity index (χ4n) is 1.87. The lowest BCUT2D eigenvalue weighted by molar-refractivity contribution is -0.163. The Morgan fingerprint density at radius 3 is 2.32 bits per heavy atom. The second-order valence-corrected chi connectivity index (χ2v) is 5.68. The third-order valence-corrected chi connectivity index (χ3v) is 4.59. The zero-order valence-electron chi connectivity index (χ0n) is 9.39. The molecule has 19 heavy (non-hydrogen) atoms. The topological polar surface area (TPSA) is 80.5 Å². The smallest absolute Gasteiger partial charge is 0.328 e. The summed E-state index contributed by atoms with van der Waals surface area (Å²) in [6, 6.07) is 2.41. The quantitative estimate of drug-likeness (QED) is 0.871. The third kappa shape index (κ3) is 1.98. The minimum atomic E-state index is -4.92. The van der Waals surface area contributed by atoms with Gasteiger partial charge in [-0.25, -0.2) is 12.7 Å². The molecule has 1 aliphatic heterocycles. The molecule has 1 amide bonds. The predicted octanol–water partition coefficient (Wildman–Crippen LogP) is 0.721. The highest BCUT2D eigenvalue weighted by Crippen LogP contribution is 2.36. The van der Waals surface area contributed by atoms with Crippen molar-refractivity contribution in [2.24, 2.45) is 5.73 Å². The summed E-state index contributed by atoms with van der Waals surface area (Å²) in [5.74, 6) is -1.21. The zero-order chi connectivity index (χ0) is 14.4. The van der Waals surface area contributed by atoms with Gasteiger partial charge in [0.2, 0.25) is 0 Å². The second kappa shape index (κ2) is 4.20. The maximum absolute atomic E-state index is 12.8. The lowest BCUT2D eigenvalue weighted by atomic mass is 10.2. The molecule has 1 atom stereocenters. The number of benzene rings is 1. The van der Waals surface area contributed by atoms with Crippen LogP contribution < -0.4 is 5.73 Å². The van der Waals surface area contributed by atoms with Crippen LogP contribution in [0, 0.1) is 0 Å². The molecule has 1 aromatic rings. The van der Waals surface area contributed by atoms with Crippen LogP contribution in [0.25, 0.3) is 0 Å². The monoisotopic (exact) mass is 294 g/mol. The van der Waals surface area contributed by atoms with E-state index < -0.39 is 39.6 Å². The summed E-state index contributed by atoms with van der Waals surface area (Å²) in [6.07, 6.45) is -4.92. The van der Waals surface area contributed by atoms with Gasteiger partial charge in [0.25, 0.3) is 15.9 Å². The van der Waals surface area contributed by atoms with Crippen LogP contribution in [0.1, 0.15) is 10.4 Å². The Bertz CT molecular complexity index is 627. The van der Waals surface area contributed by atoms with E-state index in [4.69, 9.17) is 5.73 Å². The Morgan fingerprint density at radius 1 is 1.26 bits per heavy atom. The van der Waals surface area contributed by atoms with Gasteiger partial charge in [0.05, 0.1) is 5.56 Å². The van der Waals surface area contributed by atoms with Crippen LogP contribution in [-0.4, -0.2) is 37.4 Å². The van der Waals surface area contributed by atoms with Crippen LogP contribution in [0.4, 0.5) is 13.2 Å². The second-order valence-electron chi connectivity index (χ2n) is 3.90. The van der Waals surface area contributed by atoms with E-state index in [1.54, 1.807) is 0 Å². The van der Waals surface area contributed by atoms with Crippen molar-refractivity contribution in [3.05, 3.63) is 29.8 Å². The van der Waals surface area contributed by atoms with Crippen LogP contribution in [0.15, 0.2) is 29.2 Å². The molecule has 104 valence electrons. The van der Waals surface area contributed by atoms with E-state index in [-0.39, 0.29) is 9.87 Å². The van der Waals surface area contributed by atoms with Crippen molar-refractivity contribution >= 4 is 15.9 Å². The number of alkyl halides is 3. The van der Waals surface area contributed by atoms with E-state index in [1.165, 1.54) is 18.2 Å². The van der Waals surface area contributed by atoms with Crippen molar-refractivity contribution in [1.29, 1.82) is 0 Å². The molecular weight excluding hydrogens is 285 g/mol. The molecule has 1 heterocycles. The van der Waals surface area contributed by atoms with Gasteiger partial charge >= 0.3 is 6.18 Å². The first-order chi connectivity index (χ1) is 8.71. The van der Waals surface area contributed by atoms with Crippen molar-refractivity contribution < 1.29 is 26.4 Å². The van der Waals surface area contributed by atoms with E-state index in [0.29, 0.717) is 0 Å². The summed E-state index contributed by atoms with van der Waals surface area (Å²) in [7, 11) is -4.51. The SMILES string of the molecule is NCC(N1C(=O)c2ccccc2S1(=O)=O)C(F)(F)F. The van der Waals surface area contributed by atoms with Crippen molar-refractivity contribution in [2.75, 3.05) is 6.54 Å². The average molecular weight is 294 g/mol. The number of nitrogens with two attached hydrogens (primary N) is 1. The summed E-state index contributed by atoms with van der Waals surface area (Å²) in [5.41, 5.74) is 4.71. The number of hydrogen-bond acceptors (Lipinski definition) is 4. The molecule has 0 saturated heterocycles. The lowest BCUT2D eigenvalue weighted by Gasteiger charge is -2.27. The van der Waals surface area contributed by atoms with Gasteiger partial charge in [0.15, 0.2) is 6.04 Å². The normalized spacial score (nSPS) is 19.4. The maximum Gasteiger partial charge on any atom is 0.411 e. The van der Waals surface area contributed by atoms with Gasteiger partial charge in [-0.1, -0.05) is 12.1 Å². The Morgan fingerprint density at radius 2 is 1.84 bits per heavy atom. The first-order valence-electron chi connectivity index (χ1n) is 5.16. The highest BCUT2D eigenvalue weighted by molar-refractivity contribution is 7.90. The predicted molar refractivity (Wildman–Crippen MR) is 58.7 cm³/mol. The van der Waals surface area contributed by atoms with E-state index in [0.717, 1.165) is 6.07 Å². The van der Waals surface area contributed by atoms with Gasteiger partial charge in [0.1, 0.15) is 4.90 Å². The standard InChI is InChI=1S/C10H9F3N2O3S/c11-10(12,13)8(5-14)15-9(16)6-3-1-2-4-7(6)19(15,17)18/h1-4,8H,5,14H2. The minimum Gasteiger partial charge on any atom is -0.328 e. The molecule has 1 aliphatic rings. The molecule has 2 rings (SSSR count). The first kappa shape index (κ1) is 13.8. The van der Waals surface area contributed by atoms with E-state index in [1.807, 2.05) is 0 Å². The van der Waals surface area contributed by atoms with Crippen molar-refractivity contribution in [3.8, 4) is 0 Å². The molecule has 1 unspecified atom stereocenters. The number of halogens is 3. The summed E-state index contributed by atoms with van der Waals surface area (Å²) >= 11 is 0. The van der Waals surface area contributed by atoms with Gasteiger partial charge in [-0.3, -0.25) is 4.79 Å². The number of carbonyl (C=O) groups excluding carboxylic acids is 1. The average Bonchev–Trinajstić information content (AvgIpc) is 2.51. The van der Waals surface area contributed by atoms with E-state index in [9.17, 15) is 26.4 Å². The maximum atomic E-state index is 12.8. The molecule has 0 spiro atoms. The molecule has 0 bridgehead atoms. The molecule has 0 fully saturated rings. The third-order valence-electron chi connectivity index (χ3n) is 2.74. The molecule has 0 radical (unpaired) electrons. The summed E-state index contributed by atoms with van der Waals surface area (Å²) in [5, 5.41) is 0. The molecular formula is C10H9F3N2O3S. The van der Waals surface area contributed by atoms with Crippen molar-refractivity contribution in [1.82, 2.24) is 4.31 Å². The van der Waals surface area contributed by atoms with Crippen molar-refractivity contribution in [2.45, 2.75) is 17.1 Å². The molecule has 0 aliphatic carbocycles. The Hall–Kier alpha value is -1.61. The van der Waals surface area contributed by atoms with Crippen LogP contribution in [0.2, 0.25) is 0 Å². The number of carbonyl (C=O) groups is 1. The number of rotatable bonds is 2. The minimum absolute atomic E-state index is 0.183. The summed E-state index contributed by atoms with van der Waals surface area (Å²) in [6.45, 7) is -1.03. The summed E-state index contributed by atoms with van der Waals surface area (Å²) in [4.78, 5) is 11.4. The number of sulfonamides is 1. The Kier molecular flexibility index (Phi) is 3.06. The molecule has 9 heteroatoms. The molecule has 0 aromatic heterocycles. The number of nitrogens with zero attached hydrogens (tertiary/aromatic N) is 1. The van der Waals surface area contributed by atoms with Gasteiger partial charge < -0.3 is 5.73 Å². The summed E-state index contributed by atoms with van der Waals surface area (Å²) < 4.78 is 62.1. The fourth-order valence-corrected chi connectivity index (χ4v) is 3.63. The highest BCUT2D eigenvalue weighted by Gasteiger charge is 2.53. The van der Waals surface area contributed by atoms with E-state index >= 15 is 0 Å². The molecule has 1 aromatic carbocycles. The number of fused-ring (bicyclic) bond motifs is 1. The van der Waals surface area contributed by atoms with Gasteiger partial charge in [-0.15, -0.1) is 0 Å². The van der Waals surface area contributed by atoms with Crippen LogP contribution >= 0.6 is 0 Å². The van der Waals surface area contributed by atoms with Crippen molar-refractivity contribution in [3.63, 3.8) is 0 Å². The Balaban J connectivity index is 2.60. The van der Waals surface area contributed by atoms with E-state index in [2.05, 4.69) is 0 Å². The van der Waals surface area contributed by atoms with Crippen LogP contribution in [-0.2, 0) is 10.0 Å².